The first kappa shape index (κ1) is 9.78. The molecule has 0 aromatic rings. The van der Waals surface area contributed by atoms with Crippen LogP contribution in [0.25, 0.3) is 0 Å². The molecule has 0 radical (unpaired) electrons. The zero-order chi connectivity index (χ0) is 7.99. The largest absolute Gasteiger partial charge is 0.530 e. The molecule has 1 N–H and O–H groups in total. The molecular weight excluding hydrogens is 409 g/mol. The Morgan fingerprint density at radius 2 is 1.91 bits per heavy atom. The van der Waals surface area contributed by atoms with Crippen LogP contribution in [0.5, 0.6) is 0 Å². The van der Waals surface area contributed by atoms with Crippen molar-refractivity contribution in [2.45, 2.75) is 19.8 Å². The molecule has 1 aliphatic rings. The molecule has 0 aromatic carbocycles. The van der Waals surface area contributed by atoms with Gasteiger partial charge < -0.3 is 9.84 Å². The number of hydrogen-bond donors (Lipinski definition) is 1. The summed E-state index contributed by atoms with van der Waals surface area (Å²) in [4.78, 5) is 0. The van der Waals surface area contributed by atoms with E-state index in [1.54, 1.807) is 0 Å². The second-order valence-corrected chi connectivity index (χ2v) is 3.05. The summed E-state index contributed by atoms with van der Waals surface area (Å²) in [7, 11) is 0. The average Bonchev–Trinajstić information content (AvgIpc) is 1.94. The van der Waals surface area contributed by atoms with E-state index in [1.165, 1.54) is 13.8 Å². The van der Waals surface area contributed by atoms with E-state index in [9.17, 15) is 8.78 Å². The molecule has 1 rings (SSSR count). The van der Waals surface area contributed by atoms with Crippen LogP contribution in [-0.4, -0.2) is 17.6 Å². The van der Waals surface area contributed by atoms with Crippen LogP contribution < -0.4 is 0 Å². The molecule has 0 amide bonds. The Labute approximate surface area is 57.8 Å². The van der Waals surface area contributed by atoms with E-state index in [4.69, 9.17) is 5.11 Å². The van der Waals surface area contributed by atoms with Crippen molar-refractivity contribution in [2.75, 3.05) is 6.61 Å². The number of aliphatic hydroxyl groups is 1. The quantitative estimate of drug-likeness (QED) is 0.606. The van der Waals surface area contributed by atoms with Gasteiger partial charge in [0.2, 0.25) is 0 Å². The molecule has 0 unspecified atom stereocenters. The Morgan fingerprint density at radius 1 is 1.45 bits per heavy atom. The number of aliphatic hydroxyl groups excluding tert-OH is 1. The van der Waals surface area contributed by atoms with Crippen LogP contribution in [0, 0.1) is 11.7 Å². The van der Waals surface area contributed by atoms with Crippen molar-refractivity contribution in [3.63, 3.8) is 0 Å². The molecule has 1 aliphatic heterocycles. The standard InChI is InChI=1S/C6H9F2O2.Rf/c1-5(2)3-10-4(9)6(5,7)8;/h9H,3H2,1-2H3;/q-1;. The Balaban J connectivity index is 0.000001000. The molecule has 0 aliphatic carbocycles. The van der Waals surface area contributed by atoms with Crippen molar-refractivity contribution >= 4 is 0 Å². The van der Waals surface area contributed by atoms with Gasteiger partial charge in [0.05, 0.1) is 0 Å². The van der Waals surface area contributed by atoms with E-state index in [0.717, 1.165) is 0 Å². The Bertz CT molecular complexity index is 150. The Hall–Kier alpha value is -1.22. The first-order chi connectivity index (χ1) is 4.38. The van der Waals surface area contributed by atoms with Crippen LogP contribution in [0.4, 0.5) is 8.78 Å². The van der Waals surface area contributed by atoms with Crippen LogP contribution in [0.2, 0.25) is 0 Å². The predicted molar refractivity (Wildman–Crippen MR) is 29.9 cm³/mol. The summed E-state index contributed by atoms with van der Waals surface area (Å²) < 4.78 is 29.7. The van der Waals surface area contributed by atoms with Crippen molar-refractivity contribution in [1.82, 2.24) is 0 Å². The van der Waals surface area contributed by atoms with Gasteiger partial charge in [0, 0.05) is 12.0 Å². The summed E-state index contributed by atoms with van der Waals surface area (Å²) in [6.45, 7) is 2.55. The molecule has 2 nitrogen and oxygen atoms in total. The van der Waals surface area contributed by atoms with Gasteiger partial charge in [-0.15, -0.1) is 0 Å². The van der Waals surface area contributed by atoms with E-state index in [0.29, 0.717) is 0 Å². The molecule has 5 heteroatoms. The normalized spacial score (nSPS) is 28.1. The molecule has 0 atom stereocenters. The Kier molecular flexibility index (Phi) is 1.90. The van der Waals surface area contributed by atoms with Crippen LogP contribution in [0.15, 0.2) is 0 Å². The molecule has 0 spiro atoms. The smallest absolute Gasteiger partial charge is 0.186 e. The number of halogens is 2. The van der Waals surface area contributed by atoms with Crippen molar-refractivity contribution < 1.29 is 18.6 Å². The molecule has 0 aromatic heterocycles. The maximum atomic E-state index is 12.7. The van der Waals surface area contributed by atoms with Gasteiger partial charge in [-0.25, -0.2) is 8.78 Å². The van der Waals surface area contributed by atoms with Crippen LogP contribution in [0.1, 0.15) is 13.8 Å². The first-order valence-corrected chi connectivity index (χ1v) is 2.95. The Morgan fingerprint density at radius 3 is 2.00 bits per heavy atom. The van der Waals surface area contributed by atoms with Gasteiger partial charge in [0.15, 0.2) is 5.92 Å². The molecular formula is C6H9F2O2Rf-. The number of rotatable bonds is 0. The molecule has 1 fully saturated rings. The maximum absolute atomic E-state index is 12.7. The minimum absolute atomic E-state index is 0. The van der Waals surface area contributed by atoms with E-state index in [-0.39, 0.29) is 6.61 Å². The summed E-state index contributed by atoms with van der Waals surface area (Å²) in [6.07, 6.45) is -1.16. The second-order valence-electron chi connectivity index (χ2n) is 3.05. The molecule has 62 valence electrons. The number of ether oxygens (including phenoxy) is 1. The summed E-state index contributed by atoms with van der Waals surface area (Å²) in [6, 6.07) is 0. The van der Waals surface area contributed by atoms with Crippen LogP contribution >= 0.6 is 0 Å². The molecule has 0 saturated carbocycles. The molecule has 11 heavy (non-hydrogen) atoms. The van der Waals surface area contributed by atoms with Crippen LogP contribution in [-0.2, 0) is 4.74 Å². The van der Waals surface area contributed by atoms with E-state index in [2.05, 4.69) is 4.74 Å². The van der Waals surface area contributed by atoms with Crippen molar-refractivity contribution in [3.8, 4) is 0 Å². The van der Waals surface area contributed by atoms with Gasteiger partial charge in [0.1, 0.15) is 0 Å². The van der Waals surface area contributed by atoms with E-state index >= 15 is 0 Å². The minimum atomic E-state index is -3.20. The van der Waals surface area contributed by atoms with Gasteiger partial charge in [-0.1, -0.05) is 13.8 Å². The minimum Gasteiger partial charge on any atom is -0.530 e. The topological polar surface area (TPSA) is 29.5 Å². The number of alkyl halides is 2. The zero-order valence-electron chi connectivity index (χ0n) is 6.53. The fourth-order valence-electron chi connectivity index (χ4n) is 0.720. The van der Waals surface area contributed by atoms with Crippen molar-refractivity contribution in [1.29, 1.82) is 0 Å². The van der Waals surface area contributed by atoms with E-state index < -0.39 is 17.6 Å². The fourth-order valence-corrected chi connectivity index (χ4v) is 0.720. The summed E-state index contributed by atoms with van der Waals surface area (Å²) >= 11 is 0. The number of hydrogen-bond acceptors (Lipinski definition) is 2. The third-order valence-corrected chi connectivity index (χ3v) is 1.69. The summed E-state index contributed by atoms with van der Waals surface area (Å²) in [5.41, 5.74) is -1.28. The van der Waals surface area contributed by atoms with Gasteiger partial charge in [0.25, 0.3) is 0 Å². The molecule has 1 saturated heterocycles. The third-order valence-electron chi connectivity index (χ3n) is 1.69. The zero-order valence-corrected chi connectivity index (χ0v) is 12.9. The molecule has 1 heterocycles. The second kappa shape index (κ2) is 2.13. The average molecular weight is 418 g/mol. The SMILES string of the molecule is CC1(C)CO[C-](O)C1(F)F.[Rf]. The van der Waals surface area contributed by atoms with Crippen molar-refractivity contribution in [2.24, 2.45) is 5.41 Å². The molecule has 0 bridgehead atoms. The van der Waals surface area contributed by atoms with E-state index in [1.807, 2.05) is 0 Å². The predicted octanol–water partition coefficient (Wildman–Crippen LogP) is 1.54. The third kappa shape index (κ3) is 1.03. The van der Waals surface area contributed by atoms with Gasteiger partial charge >= 0.3 is 0 Å². The summed E-state index contributed by atoms with van der Waals surface area (Å²) in [5, 5.41) is 8.54. The maximum Gasteiger partial charge on any atom is 0.186 e. The van der Waals surface area contributed by atoms with Gasteiger partial charge in [-0.3, -0.25) is 0 Å². The summed E-state index contributed by atoms with van der Waals surface area (Å²) in [5.74, 6) is -3.20. The first-order valence-electron chi connectivity index (χ1n) is 2.95. The van der Waals surface area contributed by atoms with Crippen LogP contribution in [0.3, 0.4) is 0 Å². The van der Waals surface area contributed by atoms with Gasteiger partial charge in [-0.2, -0.15) is 0 Å². The fraction of sp³-hybridized carbons (Fsp3) is 0.833. The van der Waals surface area contributed by atoms with Gasteiger partial charge in [-0.05, 0) is 6.29 Å². The van der Waals surface area contributed by atoms with Crippen molar-refractivity contribution in [3.05, 3.63) is 6.29 Å². The monoisotopic (exact) mass is 418 g/mol.